The number of anilines is 1. The highest BCUT2D eigenvalue weighted by Gasteiger charge is 2.13. The molecule has 2 aromatic carbocycles. The van der Waals surface area contributed by atoms with Crippen molar-refractivity contribution in [1.29, 1.82) is 0 Å². The second-order valence-corrected chi connectivity index (χ2v) is 5.54. The Balaban J connectivity index is 2.25. The van der Waals surface area contributed by atoms with Crippen molar-refractivity contribution in [3.63, 3.8) is 0 Å². The van der Waals surface area contributed by atoms with E-state index in [0.717, 1.165) is 4.90 Å². The molecule has 0 bridgehead atoms. The summed E-state index contributed by atoms with van der Waals surface area (Å²) in [7, 11) is 1.53. The first kappa shape index (κ1) is 16.1. The zero-order valence-electron chi connectivity index (χ0n) is 12.7. The predicted molar refractivity (Wildman–Crippen MR) is 89.2 cm³/mol. The summed E-state index contributed by atoms with van der Waals surface area (Å²) in [5.41, 5.74) is 1.59. The Morgan fingerprint density at radius 2 is 1.91 bits per heavy atom. The zero-order valence-corrected chi connectivity index (χ0v) is 13.5. The van der Waals surface area contributed by atoms with Crippen LogP contribution in [0.1, 0.15) is 27.6 Å². The number of rotatable bonds is 5. The fourth-order valence-corrected chi connectivity index (χ4v) is 2.43. The van der Waals surface area contributed by atoms with Crippen LogP contribution in [-0.2, 0) is 0 Å². The molecule has 2 aromatic rings. The average molecular weight is 315 g/mol. The third kappa shape index (κ3) is 3.68. The summed E-state index contributed by atoms with van der Waals surface area (Å²) in [5, 5.41) is 2.79. The van der Waals surface area contributed by atoms with Crippen molar-refractivity contribution < 1.29 is 14.3 Å². The van der Waals surface area contributed by atoms with Gasteiger partial charge in [-0.3, -0.25) is 9.59 Å². The molecular formula is C17H17NO3S. The van der Waals surface area contributed by atoms with E-state index < -0.39 is 0 Å². The molecular weight excluding hydrogens is 298 g/mol. The molecule has 114 valence electrons. The van der Waals surface area contributed by atoms with Crippen LogP contribution < -0.4 is 10.1 Å². The Morgan fingerprint density at radius 1 is 1.14 bits per heavy atom. The SMILES string of the molecule is COc1cc(SC)ccc1C(=O)Nc1cccc(C(C)=O)c1. The van der Waals surface area contributed by atoms with Gasteiger partial charge in [0.2, 0.25) is 0 Å². The Bertz CT molecular complexity index is 713. The maximum Gasteiger partial charge on any atom is 0.259 e. The fraction of sp³-hybridized carbons (Fsp3) is 0.176. The summed E-state index contributed by atoms with van der Waals surface area (Å²) in [6.45, 7) is 1.49. The van der Waals surface area contributed by atoms with E-state index in [-0.39, 0.29) is 11.7 Å². The van der Waals surface area contributed by atoms with Crippen LogP contribution in [0.15, 0.2) is 47.4 Å². The van der Waals surface area contributed by atoms with Crippen LogP contribution in [0.2, 0.25) is 0 Å². The minimum atomic E-state index is -0.273. The van der Waals surface area contributed by atoms with Gasteiger partial charge in [-0.1, -0.05) is 12.1 Å². The summed E-state index contributed by atoms with van der Waals surface area (Å²) in [6.07, 6.45) is 1.96. The lowest BCUT2D eigenvalue weighted by molar-refractivity contribution is 0.101. The lowest BCUT2D eigenvalue weighted by Gasteiger charge is -2.11. The minimum Gasteiger partial charge on any atom is -0.496 e. The van der Waals surface area contributed by atoms with Gasteiger partial charge in [-0.05, 0) is 43.5 Å². The highest BCUT2D eigenvalue weighted by atomic mass is 32.2. The van der Waals surface area contributed by atoms with Gasteiger partial charge in [0.25, 0.3) is 5.91 Å². The van der Waals surface area contributed by atoms with Crippen molar-refractivity contribution in [2.24, 2.45) is 0 Å². The van der Waals surface area contributed by atoms with Crippen molar-refractivity contribution in [3.8, 4) is 5.75 Å². The first-order chi connectivity index (χ1) is 10.5. The normalized spacial score (nSPS) is 10.1. The Kier molecular flexibility index (Phi) is 5.22. The van der Waals surface area contributed by atoms with E-state index in [1.54, 1.807) is 42.1 Å². The number of carbonyl (C=O) groups is 2. The van der Waals surface area contributed by atoms with Crippen LogP contribution in [-0.4, -0.2) is 25.1 Å². The summed E-state index contributed by atoms with van der Waals surface area (Å²) in [4.78, 5) is 24.8. The van der Waals surface area contributed by atoms with Crippen molar-refractivity contribution >= 4 is 29.1 Å². The average Bonchev–Trinajstić information content (AvgIpc) is 2.54. The lowest BCUT2D eigenvalue weighted by Crippen LogP contribution is -2.13. The number of thioether (sulfide) groups is 1. The molecule has 0 heterocycles. The van der Waals surface area contributed by atoms with Gasteiger partial charge in [-0.15, -0.1) is 11.8 Å². The minimum absolute atomic E-state index is 0.0435. The second-order valence-electron chi connectivity index (χ2n) is 4.66. The van der Waals surface area contributed by atoms with Gasteiger partial charge >= 0.3 is 0 Å². The first-order valence-corrected chi connectivity index (χ1v) is 7.92. The number of nitrogens with one attached hydrogen (secondary N) is 1. The van der Waals surface area contributed by atoms with Gasteiger partial charge in [0.15, 0.2) is 5.78 Å². The van der Waals surface area contributed by atoms with E-state index in [1.807, 2.05) is 18.4 Å². The molecule has 0 aliphatic heterocycles. The van der Waals surface area contributed by atoms with E-state index in [1.165, 1.54) is 14.0 Å². The number of ketones is 1. The van der Waals surface area contributed by atoms with E-state index in [4.69, 9.17) is 4.74 Å². The molecule has 0 spiro atoms. The summed E-state index contributed by atoms with van der Waals surface area (Å²) in [6, 6.07) is 12.3. The maximum atomic E-state index is 12.4. The van der Waals surface area contributed by atoms with Crippen LogP contribution in [0.5, 0.6) is 5.75 Å². The summed E-state index contributed by atoms with van der Waals surface area (Å²) < 4.78 is 5.28. The summed E-state index contributed by atoms with van der Waals surface area (Å²) in [5.74, 6) is 0.204. The van der Waals surface area contributed by atoms with Crippen LogP contribution in [0.25, 0.3) is 0 Å². The standard InChI is InChI=1S/C17H17NO3S/c1-11(19)12-5-4-6-13(9-12)18-17(20)15-8-7-14(22-3)10-16(15)21-2/h4-10H,1-3H3,(H,18,20). The van der Waals surface area contributed by atoms with Crippen LogP contribution in [0.4, 0.5) is 5.69 Å². The second kappa shape index (κ2) is 7.13. The molecule has 2 rings (SSSR count). The van der Waals surface area contributed by atoms with Crippen LogP contribution >= 0.6 is 11.8 Å². The van der Waals surface area contributed by atoms with Gasteiger partial charge in [0.05, 0.1) is 12.7 Å². The zero-order chi connectivity index (χ0) is 16.1. The molecule has 0 radical (unpaired) electrons. The number of Topliss-reactive ketones (excluding diaryl/α,β-unsaturated/α-hetero) is 1. The topological polar surface area (TPSA) is 55.4 Å². The van der Waals surface area contributed by atoms with Crippen molar-refractivity contribution in [2.75, 3.05) is 18.7 Å². The quantitative estimate of drug-likeness (QED) is 0.672. The molecule has 0 aliphatic carbocycles. The van der Waals surface area contributed by atoms with E-state index in [0.29, 0.717) is 22.6 Å². The molecule has 22 heavy (non-hydrogen) atoms. The molecule has 0 aliphatic rings. The van der Waals surface area contributed by atoms with Gasteiger partial charge in [0.1, 0.15) is 5.75 Å². The number of ether oxygens (including phenoxy) is 1. The number of methoxy groups -OCH3 is 1. The number of amides is 1. The van der Waals surface area contributed by atoms with Crippen LogP contribution in [0, 0.1) is 0 Å². The number of benzene rings is 2. The molecule has 0 unspecified atom stereocenters. The van der Waals surface area contributed by atoms with Gasteiger partial charge < -0.3 is 10.1 Å². The highest BCUT2D eigenvalue weighted by molar-refractivity contribution is 7.98. The Morgan fingerprint density at radius 3 is 2.55 bits per heavy atom. The molecule has 1 amide bonds. The van der Waals surface area contributed by atoms with E-state index in [2.05, 4.69) is 5.32 Å². The smallest absolute Gasteiger partial charge is 0.259 e. The molecule has 4 nitrogen and oxygen atoms in total. The molecule has 0 saturated carbocycles. The molecule has 0 saturated heterocycles. The maximum absolute atomic E-state index is 12.4. The third-order valence-corrected chi connectivity index (χ3v) is 3.91. The van der Waals surface area contributed by atoms with E-state index >= 15 is 0 Å². The van der Waals surface area contributed by atoms with Crippen molar-refractivity contribution in [3.05, 3.63) is 53.6 Å². The number of carbonyl (C=O) groups excluding carboxylic acids is 2. The number of hydrogen-bond donors (Lipinski definition) is 1. The fourth-order valence-electron chi connectivity index (χ4n) is 2.00. The molecule has 1 N–H and O–H groups in total. The lowest BCUT2D eigenvalue weighted by atomic mass is 10.1. The predicted octanol–water partition coefficient (Wildman–Crippen LogP) is 3.87. The van der Waals surface area contributed by atoms with Crippen LogP contribution in [0.3, 0.4) is 0 Å². The third-order valence-electron chi connectivity index (χ3n) is 3.18. The van der Waals surface area contributed by atoms with Gasteiger partial charge in [-0.25, -0.2) is 0 Å². The molecule has 0 atom stereocenters. The Labute approximate surface area is 133 Å². The number of hydrogen-bond acceptors (Lipinski definition) is 4. The Hall–Kier alpha value is -2.27. The molecule has 0 aromatic heterocycles. The van der Waals surface area contributed by atoms with Crippen molar-refractivity contribution in [1.82, 2.24) is 0 Å². The first-order valence-electron chi connectivity index (χ1n) is 6.69. The van der Waals surface area contributed by atoms with Gasteiger partial charge in [0, 0.05) is 16.1 Å². The van der Waals surface area contributed by atoms with E-state index in [9.17, 15) is 9.59 Å². The van der Waals surface area contributed by atoms with Crippen molar-refractivity contribution in [2.45, 2.75) is 11.8 Å². The monoisotopic (exact) mass is 315 g/mol. The highest BCUT2D eigenvalue weighted by Crippen LogP contribution is 2.26. The largest absolute Gasteiger partial charge is 0.496 e. The van der Waals surface area contributed by atoms with Gasteiger partial charge in [-0.2, -0.15) is 0 Å². The molecule has 5 heteroatoms. The summed E-state index contributed by atoms with van der Waals surface area (Å²) >= 11 is 1.58. The molecule has 0 fully saturated rings.